The van der Waals surface area contributed by atoms with Crippen molar-refractivity contribution in [3.8, 4) is 0 Å². The van der Waals surface area contributed by atoms with Crippen LogP contribution in [0.1, 0.15) is 0 Å². The van der Waals surface area contributed by atoms with Crippen molar-refractivity contribution in [2.45, 2.75) is 0 Å². The maximum Gasteiger partial charge on any atom is 0.400 e. The molecule has 0 saturated heterocycles. The molecule has 0 heterocycles. The maximum absolute atomic E-state index is 10.6. The molecule has 0 atom stereocenters. The molecule has 0 unspecified atom stereocenters. The molecule has 0 aliphatic carbocycles. The molecule has 0 aromatic rings. The van der Waals surface area contributed by atoms with Gasteiger partial charge in [-0.25, -0.2) is 15.0 Å². The Balaban J connectivity index is 4.41. The molecule has 0 bridgehead atoms. The first-order chi connectivity index (χ1) is 6.47. The molecule has 14 heavy (non-hydrogen) atoms. The topological polar surface area (TPSA) is 115 Å². The fourth-order valence-electron chi connectivity index (χ4n) is 0.522. The largest absolute Gasteiger partial charge is 0.473 e. The molecular formula is C8H11N2O4+. The van der Waals surface area contributed by atoms with Crippen LogP contribution in [0, 0.1) is 0 Å². The van der Waals surface area contributed by atoms with Crippen LogP contribution in [0.4, 0.5) is 0 Å². The van der Waals surface area contributed by atoms with E-state index >= 15 is 0 Å². The molecule has 6 nitrogen and oxygen atoms in total. The van der Waals surface area contributed by atoms with Crippen LogP contribution in [0.15, 0.2) is 23.9 Å². The first kappa shape index (κ1) is 11.9. The first-order valence-corrected chi connectivity index (χ1v) is 3.56. The van der Waals surface area contributed by atoms with E-state index in [9.17, 15) is 9.59 Å². The van der Waals surface area contributed by atoms with E-state index in [4.69, 9.17) is 16.2 Å². The molecular weight excluding hydrogens is 188 g/mol. The summed E-state index contributed by atoms with van der Waals surface area (Å²) in [5, 5.41) is 13.4. The van der Waals surface area contributed by atoms with Gasteiger partial charge in [-0.1, -0.05) is 0 Å². The lowest BCUT2D eigenvalue weighted by Gasteiger charge is -1.91. The highest BCUT2D eigenvalue weighted by molar-refractivity contribution is 6.37. The molecule has 0 aliphatic rings. The van der Waals surface area contributed by atoms with Crippen molar-refractivity contribution in [1.29, 1.82) is 0 Å². The van der Waals surface area contributed by atoms with Crippen LogP contribution in [0.5, 0.6) is 0 Å². The Morgan fingerprint density at radius 3 is 2.43 bits per heavy atom. The number of aliphatic carboxylic acids is 1. The summed E-state index contributed by atoms with van der Waals surface area (Å²) < 4.78 is 4.29. The van der Waals surface area contributed by atoms with Crippen molar-refractivity contribution in [1.82, 2.24) is 0 Å². The van der Waals surface area contributed by atoms with Crippen LogP contribution < -0.4 is 11.1 Å². The van der Waals surface area contributed by atoms with E-state index in [1.807, 2.05) is 0 Å². The zero-order valence-corrected chi connectivity index (χ0v) is 7.56. The SMILES string of the molecule is COC(=O)/C=C/C(N)=C/C(=[NH2+])C(=O)O. The van der Waals surface area contributed by atoms with E-state index in [1.54, 1.807) is 0 Å². The summed E-state index contributed by atoms with van der Waals surface area (Å²) in [5.41, 5.74) is 4.96. The van der Waals surface area contributed by atoms with Crippen molar-refractivity contribution in [2.24, 2.45) is 5.73 Å². The van der Waals surface area contributed by atoms with Gasteiger partial charge in [-0.2, -0.15) is 0 Å². The van der Waals surface area contributed by atoms with Gasteiger partial charge in [-0.05, 0) is 6.08 Å². The van der Waals surface area contributed by atoms with E-state index in [2.05, 4.69) is 4.74 Å². The van der Waals surface area contributed by atoms with Crippen LogP contribution in [0.2, 0.25) is 0 Å². The summed E-state index contributed by atoms with van der Waals surface area (Å²) in [6, 6.07) is 0. The molecule has 0 amide bonds. The van der Waals surface area contributed by atoms with Gasteiger partial charge >= 0.3 is 11.9 Å². The number of carboxylic acids is 1. The monoisotopic (exact) mass is 199 g/mol. The molecule has 0 aromatic carbocycles. The van der Waals surface area contributed by atoms with Gasteiger partial charge in [0.2, 0.25) is 0 Å². The number of nitrogens with two attached hydrogens (primary N) is 2. The summed E-state index contributed by atoms with van der Waals surface area (Å²) >= 11 is 0. The molecule has 6 heteroatoms. The van der Waals surface area contributed by atoms with Gasteiger partial charge in [0.1, 0.15) is 0 Å². The lowest BCUT2D eigenvalue weighted by atomic mass is 10.3. The average Bonchev–Trinajstić information content (AvgIpc) is 2.13. The summed E-state index contributed by atoms with van der Waals surface area (Å²) in [5.74, 6) is -1.87. The number of allylic oxidation sites excluding steroid dienone is 1. The third-order valence-corrected chi connectivity index (χ3v) is 1.18. The zero-order valence-electron chi connectivity index (χ0n) is 7.56. The Morgan fingerprint density at radius 1 is 1.43 bits per heavy atom. The number of ether oxygens (including phenoxy) is 1. The number of hydrogen-bond donors (Lipinski definition) is 3. The molecule has 5 N–H and O–H groups in total. The minimum atomic E-state index is -1.28. The van der Waals surface area contributed by atoms with Crippen molar-refractivity contribution in [3.63, 3.8) is 0 Å². The van der Waals surface area contributed by atoms with E-state index in [0.29, 0.717) is 0 Å². The predicted molar refractivity (Wildman–Crippen MR) is 48.0 cm³/mol. The number of hydrogen-bond acceptors (Lipinski definition) is 4. The van der Waals surface area contributed by atoms with Gasteiger partial charge < -0.3 is 15.6 Å². The molecule has 0 fully saturated rings. The fraction of sp³-hybridized carbons (Fsp3) is 0.125. The minimum Gasteiger partial charge on any atom is -0.473 e. The molecule has 0 aromatic heterocycles. The smallest absolute Gasteiger partial charge is 0.400 e. The Kier molecular flexibility index (Phi) is 4.69. The Labute approximate surface area is 80.2 Å². The standard InChI is InChI=1S/C8H10N2O4/c1-14-7(11)3-2-5(9)4-6(10)8(12)13/h2-4,10H,9H2,1H3,(H,12,13)/p+1/b3-2+,5-4-,10-6?. The lowest BCUT2D eigenvalue weighted by Crippen LogP contribution is -2.43. The van der Waals surface area contributed by atoms with E-state index in [0.717, 1.165) is 12.2 Å². The van der Waals surface area contributed by atoms with E-state index < -0.39 is 17.7 Å². The third kappa shape index (κ3) is 4.70. The molecule has 0 aliphatic heterocycles. The van der Waals surface area contributed by atoms with Crippen molar-refractivity contribution >= 4 is 17.7 Å². The third-order valence-electron chi connectivity index (χ3n) is 1.18. The van der Waals surface area contributed by atoms with Gasteiger partial charge in [0.05, 0.1) is 7.11 Å². The number of esters is 1. The van der Waals surface area contributed by atoms with Crippen LogP contribution in [0.3, 0.4) is 0 Å². The Hall–Kier alpha value is -2.11. The first-order valence-electron chi connectivity index (χ1n) is 3.56. The van der Waals surface area contributed by atoms with Crippen molar-refractivity contribution in [3.05, 3.63) is 23.9 Å². The molecule has 0 radical (unpaired) electrons. The summed E-state index contributed by atoms with van der Waals surface area (Å²) in [6.07, 6.45) is 3.28. The van der Waals surface area contributed by atoms with Gasteiger partial charge in [0.15, 0.2) is 0 Å². The Morgan fingerprint density at radius 2 is 2.00 bits per heavy atom. The highest BCUT2D eigenvalue weighted by Gasteiger charge is 2.08. The zero-order chi connectivity index (χ0) is 11.1. The molecule has 0 saturated carbocycles. The quantitative estimate of drug-likeness (QED) is 0.206. The van der Waals surface area contributed by atoms with Crippen LogP contribution in [0.25, 0.3) is 0 Å². The van der Waals surface area contributed by atoms with Crippen LogP contribution >= 0.6 is 0 Å². The number of carbonyl (C=O) groups is 2. The predicted octanol–water partition coefficient (Wildman–Crippen LogP) is -2.16. The fourth-order valence-corrected chi connectivity index (χ4v) is 0.522. The second-order valence-corrected chi connectivity index (χ2v) is 2.26. The van der Waals surface area contributed by atoms with E-state index in [-0.39, 0.29) is 5.70 Å². The minimum absolute atomic E-state index is 0.0512. The second kappa shape index (κ2) is 5.52. The summed E-state index contributed by atoms with van der Waals surface area (Å²) in [7, 11) is 1.21. The summed E-state index contributed by atoms with van der Waals surface area (Å²) in [4.78, 5) is 20.8. The highest BCUT2D eigenvalue weighted by atomic mass is 16.5. The van der Waals surface area contributed by atoms with Gasteiger partial charge in [0, 0.05) is 17.8 Å². The normalized spacial score (nSPS) is 11.4. The van der Waals surface area contributed by atoms with Crippen molar-refractivity contribution in [2.75, 3.05) is 7.11 Å². The Bertz CT molecular complexity index is 317. The second-order valence-electron chi connectivity index (χ2n) is 2.26. The highest BCUT2D eigenvalue weighted by Crippen LogP contribution is 1.88. The molecule has 0 rings (SSSR count). The number of rotatable bonds is 4. The molecule has 0 spiro atoms. The molecule has 76 valence electrons. The van der Waals surface area contributed by atoms with Gasteiger partial charge in [-0.15, -0.1) is 0 Å². The van der Waals surface area contributed by atoms with Gasteiger partial charge in [-0.3, -0.25) is 0 Å². The van der Waals surface area contributed by atoms with Crippen LogP contribution in [-0.2, 0) is 14.3 Å². The van der Waals surface area contributed by atoms with E-state index in [1.165, 1.54) is 13.2 Å². The van der Waals surface area contributed by atoms with Gasteiger partial charge in [0.25, 0.3) is 5.71 Å². The maximum atomic E-state index is 10.6. The number of methoxy groups -OCH3 is 1. The van der Waals surface area contributed by atoms with Crippen LogP contribution in [-0.4, -0.2) is 29.9 Å². The lowest BCUT2D eigenvalue weighted by molar-refractivity contribution is -0.146. The van der Waals surface area contributed by atoms with Crippen molar-refractivity contribution < 1.29 is 24.8 Å². The average molecular weight is 199 g/mol. The summed E-state index contributed by atoms with van der Waals surface area (Å²) in [6.45, 7) is 0. The number of carboxylic acid groups (broad SMARTS) is 1. The number of carbonyl (C=O) groups excluding carboxylic acids is 1.